The molecule has 34 heavy (non-hydrogen) atoms. The van der Waals surface area contributed by atoms with Crippen LogP contribution in [0.15, 0.2) is 22.7 Å². The molecule has 1 aromatic carbocycles. The second-order valence-electron chi connectivity index (χ2n) is 8.53. The standard InChI is InChI=1S/C23H29N5O6/c1-12-21(13(2)34-27-12)26-23(31)25-14-5-8-18-16(9-14)22(30)28(4)17-7-6-15(10-20(29)24-3)33-19(17)11-32-18/h5,8-9,15,17,19H,6-7,10-11H2,1-4H3,(H,24,29)(H2,25,26,31)/t15-,17+,19+/m0/s1. The third-order valence-electron chi connectivity index (χ3n) is 6.23. The number of aryl methyl sites for hydroxylation is 2. The van der Waals surface area contributed by atoms with E-state index in [9.17, 15) is 14.4 Å². The number of likely N-dealkylation sites (N-methyl/N-ethyl adjacent to an activating group) is 1. The van der Waals surface area contributed by atoms with Crippen LogP contribution in [-0.4, -0.2) is 66.9 Å². The van der Waals surface area contributed by atoms with Gasteiger partial charge in [-0.3, -0.25) is 9.59 Å². The zero-order valence-electron chi connectivity index (χ0n) is 19.6. The number of rotatable bonds is 4. The lowest BCUT2D eigenvalue weighted by molar-refractivity contribution is -0.133. The number of hydrogen-bond donors (Lipinski definition) is 3. The van der Waals surface area contributed by atoms with Gasteiger partial charge >= 0.3 is 6.03 Å². The summed E-state index contributed by atoms with van der Waals surface area (Å²) in [6.07, 6.45) is 1.09. The van der Waals surface area contributed by atoms with Crippen LogP contribution in [0.3, 0.4) is 0 Å². The number of nitrogens with one attached hydrogen (secondary N) is 3. The first-order valence-corrected chi connectivity index (χ1v) is 11.2. The summed E-state index contributed by atoms with van der Waals surface area (Å²) < 4.78 is 17.1. The number of aromatic nitrogens is 1. The lowest BCUT2D eigenvalue weighted by atomic mass is 9.94. The zero-order valence-corrected chi connectivity index (χ0v) is 19.6. The summed E-state index contributed by atoms with van der Waals surface area (Å²) in [5, 5.41) is 11.9. The predicted octanol–water partition coefficient (Wildman–Crippen LogP) is 2.45. The van der Waals surface area contributed by atoms with Crippen LogP contribution < -0.4 is 20.7 Å². The molecule has 11 nitrogen and oxygen atoms in total. The Bertz CT molecular complexity index is 1080. The minimum absolute atomic E-state index is 0.0802. The van der Waals surface area contributed by atoms with Gasteiger partial charge in [0.1, 0.15) is 29.8 Å². The van der Waals surface area contributed by atoms with E-state index in [1.807, 2.05) is 0 Å². The van der Waals surface area contributed by atoms with Gasteiger partial charge in [0, 0.05) is 19.8 Å². The maximum atomic E-state index is 13.3. The Hall–Kier alpha value is -3.60. The van der Waals surface area contributed by atoms with Gasteiger partial charge in [-0.2, -0.15) is 0 Å². The SMILES string of the molecule is CNC(=O)C[C@@H]1CC[C@@H]2[C@@H](COc3ccc(NC(=O)Nc4c(C)noc4C)cc3C(=O)N2C)O1. The molecule has 2 aliphatic heterocycles. The summed E-state index contributed by atoms with van der Waals surface area (Å²) in [5.41, 5.74) is 1.86. The summed E-state index contributed by atoms with van der Waals surface area (Å²) in [7, 11) is 3.33. The molecule has 0 spiro atoms. The number of carbonyl (C=O) groups is 3. The van der Waals surface area contributed by atoms with Crippen LogP contribution in [0.1, 0.15) is 41.1 Å². The Labute approximate surface area is 197 Å². The van der Waals surface area contributed by atoms with Gasteiger partial charge in [0.05, 0.1) is 24.1 Å². The molecule has 4 rings (SSSR count). The Balaban J connectivity index is 1.48. The van der Waals surface area contributed by atoms with Crippen molar-refractivity contribution in [1.29, 1.82) is 0 Å². The van der Waals surface area contributed by atoms with E-state index in [-0.39, 0.29) is 43.1 Å². The number of nitrogens with zero attached hydrogens (tertiary/aromatic N) is 2. The molecule has 3 atom stereocenters. The smallest absolute Gasteiger partial charge is 0.323 e. The average molecular weight is 472 g/mol. The highest BCUT2D eigenvalue weighted by Crippen LogP contribution is 2.32. The van der Waals surface area contributed by atoms with Crippen LogP contribution in [0.5, 0.6) is 5.75 Å². The maximum absolute atomic E-state index is 13.3. The molecule has 1 fully saturated rings. The number of ether oxygens (including phenoxy) is 2. The lowest BCUT2D eigenvalue weighted by Gasteiger charge is -2.42. The number of carbonyl (C=O) groups excluding carboxylic acids is 3. The van der Waals surface area contributed by atoms with Gasteiger partial charge < -0.3 is 34.8 Å². The predicted molar refractivity (Wildman–Crippen MR) is 123 cm³/mol. The van der Waals surface area contributed by atoms with Crippen molar-refractivity contribution < 1.29 is 28.4 Å². The number of urea groups is 1. The molecule has 3 N–H and O–H groups in total. The normalized spacial score (nSPS) is 21.9. The topological polar surface area (TPSA) is 135 Å². The van der Waals surface area contributed by atoms with E-state index in [1.54, 1.807) is 51.0 Å². The van der Waals surface area contributed by atoms with Crippen LogP contribution in [0, 0.1) is 13.8 Å². The second kappa shape index (κ2) is 9.72. The molecule has 182 valence electrons. The van der Waals surface area contributed by atoms with Crippen molar-refractivity contribution in [2.24, 2.45) is 0 Å². The lowest BCUT2D eigenvalue weighted by Crippen LogP contribution is -2.53. The van der Waals surface area contributed by atoms with Crippen molar-refractivity contribution in [2.75, 3.05) is 31.3 Å². The first-order chi connectivity index (χ1) is 16.3. The fraction of sp³-hybridized carbons (Fsp3) is 0.478. The third kappa shape index (κ3) is 4.84. The molecule has 1 saturated heterocycles. The molecule has 11 heteroatoms. The van der Waals surface area contributed by atoms with Gasteiger partial charge in [0.15, 0.2) is 5.76 Å². The first-order valence-electron chi connectivity index (χ1n) is 11.2. The van der Waals surface area contributed by atoms with Crippen LogP contribution in [0.2, 0.25) is 0 Å². The summed E-state index contributed by atoms with van der Waals surface area (Å²) in [5.74, 6) is 0.595. The molecule has 0 bridgehead atoms. The molecule has 2 aromatic rings. The summed E-state index contributed by atoms with van der Waals surface area (Å²) in [4.78, 5) is 39.2. The summed E-state index contributed by atoms with van der Waals surface area (Å²) in [6.45, 7) is 3.68. The van der Waals surface area contributed by atoms with Crippen molar-refractivity contribution in [3.63, 3.8) is 0 Å². The number of anilines is 2. The Morgan fingerprint density at radius 2 is 2.00 bits per heavy atom. The molecule has 0 unspecified atom stereocenters. The Kier molecular flexibility index (Phi) is 6.73. The van der Waals surface area contributed by atoms with E-state index in [2.05, 4.69) is 21.1 Å². The molecular weight excluding hydrogens is 442 g/mol. The molecule has 0 saturated carbocycles. The van der Waals surface area contributed by atoms with E-state index >= 15 is 0 Å². The first kappa shape index (κ1) is 23.6. The zero-order chi connectivity index (χ0) is 24.4. The van der Waals surface area contributed by atoms with Gasteiger partial charge in [0.25, 0.3) is 5.91 Å². The van der Waals surface area contributed by atoms with Crippen LogP contribution in [-0.2, 0) is 9.53 Å². The number of hydrogen-bond acceptors (Lipinski definition) is 7. The molecule has 0 aliphatic carbocycles. The molecule has 4 amide bonds. The third-order valence-corrected chi connectivity index (χ3v) is 6.23. The van der Waals surface area contributed by atoms with Crippen LogP contribution >= 0.6 is 0 Å². The minimum Gasteiger partial charge on any atom is -0.490 e. The van der Waals surface area contributed by atoms with Crippen molar-refractivity contribution >= 4 is 29.2 Å². The molecule has 3 heterocycles. The second-order valence-corrected chi connectivity index (χ2v) is 8.53. The maximum Gasteiger partial charge on any atom is 0.323 e. The molecule has 2 aliphatic rings. The minimum atomic E-state index is -0.482. The highest BCUT2D eigenvalue weighted by Gasteiger charge is 2.39. The van der Waals surface area contributed by atoms with Crippen molar-refractivity contribution in [2.45, 2.75) is 51.4 Å². The Morgan fingerprint density at radius 1 is 1.21 bits per heavy atom. The fourth-order valence-corrected chi connectivity index (χ4v) is 4.35. The highest BCUT2D eigenvalue weighted by molar-refractivity contribution is 6.03. The van der Waals surface area contributed by atoms with Gasteiger partial charge in [-0.15, -0.1) is 0 Å². The monoisotopic (exact) mass is 471 g/mol. The van der Waals surface area contributed by atoms with E-state index in [0.717, 1.165) is 0 Å². The fourth-order valence-electron chi connectivity index (χ4n) is 4.35. The van der Waals surface area contributed by atoms with Crippen molar-refractivity contribution in [1.82, 2.24) is 15.4 Å². The van der Waals surface area contributed by atoms with Gasteiger partial charge in [0.2, 0.25) is 5.91 Å². The highest BCUT2D eigenvalue weighted by atomic mass is 16.5. The molecule has 1 aromatic heterocycles. The van der Waals surface area contributed by atoms with Crippen LogP contribution in [0.4, 0.5) is 16.2 Å². The van der Waals surface area contributed by atoms with E-state index < -0.39 is 6.03 Å². The quantitative estimate of drug-likeness (QED) is 0.623. The number of amides is 4. The van der Waals surface area contributed by atoms with Crippen molar-refractivity contribution in [3.8, 4) is 5.75 Å². The van der Waals surface area contributed by atoms with Gasteiger partial charge in [-0.25, -0.2) is 4.79 Å². The van der Waals surface area contributed by atoms with E-state index in [0.29, 0.717) is 47.0 Å². The van der Waals surface area contributed by atoms with Crippen LogP contribution in [0.25, 0.3) is 0 Å². The van der Waals surface area contributed by atoms with Gasteiger partial charge in [-0.1, -0.05) is 5.16 Å². The number of benzene rings is 1. The Morgan fingerprint density at radius 3 is 2.71 bits per heavy atom. The van der Waals surface area contributed by atoms with Gasteiger partial charge in [-0.05, 0) is 44.9 Å². The van der Waals surface area contributed by atoms with Crippen molar-refractivity contribution in [3.05, 3.63) is 35.2 Å². The average Bonchev–Trinajstić information content (AvgIpc) is 3.13. The van der Waals surface area contributed by atoms with E-state index in [1.165, 1.54) is 0 Å². The summed E-state index contributed by atoms with van der Waals surface area (Å²) >= 11 is 0. The molecule has 0 radical (unpaired) electrons. The summed E-state index contributed by atoms with van der Waals surface area (Å²) in [6, 6.07) is 4.25. The number of fused-ring (bicyclic) bond motifs is 2. The largest absolute Gasteiger partial charge is 0.490 e. The van der Waals surface area contributed by atoms with E-state index in [4.69, 9.17) is 14.0 Å². The molecular formula is C23H29N5O6.